The van der Waals surface area contributed by atoms with Crippen molar-refractivity contribution in [1.29, 1.82) is 0 Å². The molecule has 0 atom stereocenters. The zero-order valence-corrected chi connectivity index (χ0v) is 17.8. The summed E-state index contributed by atoms with van der Waals surface area (Å²) in [5.41, 5.74) is 4.07. The summed E-state index contributed by atoms with van der Waals surface area (Å²) in [4.78, 5) is 0. The van der Waals surface area contributed by atoms with Gasteiger partial charge in [-0.25, -0.2) is 4.39 Å². The second-order valence-electron chi connectivity index (χ2n) is 6.04. The molecule has 1 aromatic heterocycles. The van der Waals surface area contributed by atoms with Gasteiger partial charge in [-0.3, -0.25) is 4.68 Å². The van der Waals surface area contributed by atoms with Crippen molar-refractivity contribution < 1.29 is 4.39 Å². The molecule has 0 aliphatic heterocycles. The van der Waals surface area contributed by atoms with Gasteiger partial charge in [0, 0.05) is 4.47 Å². The molecule has 0 fully saturated rings. The zero-order chi connectivity index (χ0) is 19.6. The Balaban J connectivity index is 1.75. The van der Waals surface area contributed by atoms with Gasteiger partial charge >= 0.3 is 0 Å². The van der Waals surface area contributed by atoms with E-state index in [-0.39, 0.29) is 5.82 Å². The van der Waals surface area contributed by atoms with E-state index in [4.69, 9.17) is 23.8 Å². The number of benzene rings is 2. The van der Waals surface area contributed by atoms with Crippen LogP contribution in [0.2, 0.25) is 5.02 Å². The summed E-state index contributed by atoms with van der Waals surface area (Å²) >= 11 is 15.0. The van der Waals surface area contributed by atoms with Gasteiger partial charge in [0.2, 0.25) is 0 Å². The van der Waals surface area contributed by atoms with Crippen LogP contribution in [0, 0.1) is 19.7 Å². The minimum atomic E-state index is -0.260. The average molecular weight is 468 g/mol. The fraction of sp³-hybridized carbons (Fsp3) is 0.158. The second kappa shape index (κ2) is 8.37. The highest BCUT2D eigenvalue weighted by molar-refractivity contribution is 9.10. The third-order valence-electron chi connectivity index (χ3n) is 4.02. The molecule has 2 N–H and O–H groups in total. The summed E-state index contributed by atoms with van der Waals surface area (Å²) in [5.74, 6) is -0.260. The van der Waals surface area contributed by atoms with Gasteiger partial charge in [0.15, 0.2) is 5.11 Å². The molecule has 2 aromatic carbocycles. The van der Waals surface area contributed by atoms with Crippen molar-refractivity contribution in [1.82, 2.24) is 9.78 Å². The maximum Gasteiger partial charge on any atom is 0.175 e. The molecule has 3 rings (SSSR count). The highest BCUT2D eigenvalue weighted by atomic mass is 79.9. The number of aromatic nitrogens is 2. The quantitative estimate of drug-likeness (QED) is 0.468. The highest BCUT2D eigenvalue weighted by Crippen LogP contribution is 2.26. The van der Waals surface area contributed by atoms with Crippen LogP contribution in [0.3, 0.4) is 0 Å². The van der Waals surface area contributed by atoms with Crippen LogP contribution in [0.5, 0.6) is 0 Å². The van der Waals surface area contributed by atoms with Gasteiger partial charge in [-0.1, -0.05) is 39.7 Å². The molecule has 0 unspecified atom stereocenters. The molecule has 0 spiro atoms. The molecule has 27 heavy (non-hydrogen) atoms. The first-order valence-electron chi connectivity index (χ1n) is 8.15. The number of aryl methyl sites for hydroxylation is 1. The maximum atomic E-state index is 13.4. The first-order chi connectivity index (χ1) is 12.8. The van der Waals surface area contributed by atoms with Crippen molar-refractivity contribution in [2.24, 2.45) is 0 Å². The largest absolute Gasteiger partial charge is 0.331 e. The van der Waals surface area contributed by atoms with Gasteiger partial charge in [-0.05, 0) is 62.0 Å². The van der Waals surface area contributed by atoms with E-state index in [1.807, 2.05) is 36.7 Å². The Kier molecular flexibility index (Phi) is 6.14. The Hall–Kier alpha value is -1.96. The predicted octanol–water partition coefficient (Wildman–Crippen LogP) is 5.91. The van der Waals surface area contributed by atoms with Crippen LogP contribution in [0.4, 0.5) is 15.8 Å². The van der Waals surface area contributed by atoms with E-state index in [1.165, 1.54) is 12.1 Å². The molecule has 0 amide bonds. The van der Waals surface area contributed by atoms with Gasteiger partial charge in [0.05, 0.1) is 34.3 Å². The minimum absolute atomic E-state index is 0.260. The van der Waals surface area contributed by atoms with E-state index in [2.05, 4.69) is 31.7 Å². The van der Waals surface area contributed by atoms with Crippen LogP contribution >= 0.6 is 39.7 Å². The SMILES string of the molecule is Cc1nn(Cc2cccc(F)c2)c(C)c1NC(=S)Nc1ccc(Br)cc1Cl. The lowest BCUT2D eigenvalue weighted by atomic mass is 10.2. The summed E-state index contributed by atoms with van der Waals surface area (Å²) in [5, 5.41) is 11.8. The van der Waals surface area contributed by atoms with E-state index in [9.17, 15) is 4.39 Å². The van der Waals surface area contributed by atoms with Crippen LogP contribution in [0.15, 0.2) is 46.9 Å². The summed E-state index contributed by atoms with van der Waals surface area (Å²) in [6.45, 7) is 4.31. The first kappa shape index (κ1) is 19.8. The molecule has 0 saturated heterocycles. The minimum Gasteiger partial charge on any atom is -0.331 e. The van der Waals surface area contributed by atoms with Crippen LogP contribution in [0.1, 0.15) is 17.0 Å². The lowest BCUT2D eigenvalue weighted by Gasteiger charge is -2.12. The maximum absolute atomic E-state index is 13.4. The van der Waals surface area contributed by atoms with E-state index >= 15 is 0 Å². The predicted molar refractivity (Wildman–Crippen MR) is 116 cm³/mol. The first-order valence-corrected chi connectivity index (χ1v) is 9.73. The standard InChI is InChI=1S/C19H17BrClFN4S/c1-11-18(24-19(27)23-17-7-6-14(20)9-16(17)21)12(2)26(25-11)10-13-4-3-5-15(22)8-13/h3-9H,10H2,1-2H3,(H2,23,24,27). The van der Waals surface area contributed by atoms with Gasteiger partial charge in [0.25, 0.3) is 0 Å². The van der Waals surface area contributed by atoms with Crippen molar-refractivity contribution in [3.8, 4) is 0 Å². The lowest BCUT2D eigenvalue weighted by molar-refractivity contribution is 0.616. The average Bonchev–Trinajstić information content (AvgIpc) is 2.85. The lowest BCUT2D eigenvalue weighted by Crippen LogP contribution is -2.20. The molecular weight excluding hydrogens is 451 g/mol. The molecule has 1 heterocycles. The number of nitrogens with one attached hydrogen (secondary N) is 2. The Morgan fingerprint density at radius 3 is 2.70 bits per heavy atom. The molecule has 0 radical (unpaired) electrons. The normalized spacial score (nSPS) is 10.7. The van der Waals surface area contributed by atoms with Crippen molar-refractivity contribution in [3.05, 3.63) is 74.7 Å². The number of thiocarbonyl (C=S) groups is 1. The number of hydrogen-bond acceptors (Lipinski definition) is 2. The highest BCUT2D eigenvalue weighted by Gasteiger charge is 2.14. The van der Waals surface area contributed by atoms with E-state index in [1.54, 1.807) is 12.1 Å². The van der Waals surface area contributed by atoms with Gasteiger partial charge in [0.1, 0.15) is 5.82 Å². The zero-order valence-electron chi connectivity index (χ0n) is 14.7. The molecule has 4 nitrogen and oxygen atoms in total. The third kappa shape index (κ3) is 4.86. The summed E-state index contributed by atoms with van der Waals surface area (Å²) in [6.07, 6.45) is 0. The Labute approximate surface area is 175 Å². The van der Waals surface area contributed by atoms with Crippen LogP contribution in [-0.2, 0) is 6.54 Å². The number of rotatable bonds is 4. The molecule has 0 aliphatic carbocycles. The van der Waals surface area contributed by atoms with Crippen LogP contribution in [-0.4, -0.2) is 14.9 Å². The van der Waals surface area contributed by atoms with Gasteiger partial charge in [-0.2, -0.15) is 5.10 Å². The topological polar surface area (TPSA) is 41.9 Å². The van der Waals surface area contributed by atoms with Crippen molar-refractivity contribution in [3.63, 3.8) is 0 Å². The number of anilines is 2. The fourth-order valence-electron chi connectivity index (χ4n) is 2.70. The molecule has 140 valence electrons. The van der Waals surface area contributed by atoms with Gasteiger partial charge < -0.3 is 10.6 Å². The van der Waals surface area contributed by atoms with Crippen LogP contribution in [0.25, 0.3) is 0 Å². The summed E-state index contributed by atoms with van der Waals surface area (Å²) in [7, 11) is 0. The molecule has 3 aromatic rings. The molecule has 0 bridgehead atoms. The Morgan fingerprint density at radius 1 is 1.22 bits per heavy atom. The summed E-state index contributed by atoms with van der Waals surface area (Å²) in [6, 6.07) is 12.0. The Morgan fingerprint density at radius 2 is 2.00 bits per heavy atom. The molecule has 0 aliphatic rings. The monoisotopic (exact) mass is 466 g/mol. The van der Waals surface area contributed by atoms with E-state index < -0.39 is 0 Å². The third-order valence-corrected chi connectivity index (χ3v) is 5.03. The van der Waals surface area contributed by atoms with Crippen molar-refractivity contribution in [2.45, 2.75) is 20.4 Å². The van der Waals surface area contributed by atoms with E-state index in [0.29, 0.717) is 22.4 Å². The van der Waals surface area contributed by atoms with E-state index in [0.717, 1.165) is 27.1 Å². The van der Waals surface area contributed by atoms with Crippen molar-refractivity contribution in [2.75, 3.05) is 10.6 Å². The van der Waals surface area contributed by atoms with Gasteiger partial charge in [-0.15, -0.1) is 0 Å². The fourth-order valence-corrected chi connectivity index (χ4v) is 3.63. The number of hydrogen-bond donors (Lipinski definition) is 2. The number of nitrogens with zero attached hydrogens (tertiary/aromatic N) is 2. The summed E-state index contributed by atoms with van der Waals surface area (Å²) < 4.78 is 16.1. The molecule has 0 saturated carbocycles. The van der Waals surface area contributed by atoms with Crippen LogP contribution < -0.4 is 10.6 Å². The molecular formula is C19H17BrClFN4S. The molecule has 8 heteroatoms. The number of halogens is 3. The smallest absolute Gasteiger partial charge is 0.175 e. The second-order valence-corrected chi connectivity index (χ2v) is 7.77. The Bertz CT molecular complexity index is 1010. The van der Waals surface area contributed by atoms with Crippen molar-refractivity contribution >= 4 is 56.2 Å².